The molecule has 0 bridgehead atoms. The maximum absolute atomic E-state index is 13.6. The Morgan fingerprint density at radius 2 is 1.89 bits per heavy atom. The Labute approximate surface area is 110 Å². The Morgan fingerprint density at radius 1 is 1.21 bits per heavy atom. The minimum Gasteiger partial charge on any atom is -0.496 e. The van der Waals surface area contributed by atoms with Crippen molar-refractivity contribution in [2.24, 2.45) is 0 Å². The molecular formula is C13H16FN3O2. The van der Waals surface area contributed by atoms with E-state index in [2.05, 4.69) is 10.2 Å². The molecule has 2 aromatic rings. The van der Waals surface area contributed by atoms with Gasteiger partial charge in [-0.2, -0.15) is 5.10 Å². The Balaban J connectivity index is 2.60. The van der Waals surface area contributed by atoms with E-state index in [-0.39, 0.29) is 0 Å². The number of alkyl halides is 1. The molecule has 5 nitrogen and oxygen atoms in total. The molecule has 19 heavy (non-hydrogen) atoms. The average molecular weight is 265 g/mol. The van der Waals surface area contributed by atoms with E-state index in [1.54, 1.807) is 18.2 Å². The van der Waals surface area contributed by atoms with Gasteiger partial charge in [0.2, 0.25) is 0 Å². The summed E-state index contributed by atoms with van der Waals surface area (Å²) in [6, 6.07) is 5.00. The van der Waals surface area contributed by atoms with Crippen LogP contribution in [0.5, 0.6) is 11.5 Å². The zero-order valence-corrected chi connectivity index (χ0v) is 11.0. The van der Waals surface area contributed by atoms with Gasteiger partial charge in [-0.15, -0.1) is 0 Å². The summed E-state index contributed by atoms with van der Waals surface area (Å²) >= 11 is 0. The van der Waals surface area contributed by atoms with Gasteiger partial charge in [0.05, 0.1) is 19.9 Å². The molecule has 0 amide bonds. The number of hydrogen-bond donors (Lipinski definition) is 2. The Morgan fingerprint density at radius 3 is 2.37 bits per heavy atom. The monoisotopic (exact) mass is 265 g/mol. The maximum Gasteiger partial charge on any atom is 0.145 e. The quantitative estimate of drug-likeness (QED) is 0.891. The molecule has 0 radical (unpaired) electrons. The van der Waals surface area contributed by atoms with Crippen molar-refractivity contribution in [1.29, 1.82) is 0 Å². The van der Waals surface area contributed by atoms with Crippen molar-refractivity contribution in [3.8, 4) is 22.8 Å². The second-order valence-corrected chi connectivity index (χ2v) is 4.12. The third kappa shape index (κ3) is 2.47. The van der Waals surface area contributed by atoms with Gasteiger partial charge in [0.15, 0.2) is 0 Å². The lowest BCUT2D eigenvalue weighted by Gasteiger charge is -2.14. The van der Waals surface area contributed by atoms with Crippen LogP contribution in [0.2, 0.25) is 0 Å². The Kier molecular flexibility index (Phi) is 3.59. The van der Waals surface area contributed by atoms with E-state index < -0.39 is 6.17 Å². The molecule has 0 saturated carbocycles. The molecule has 1 heterocycles. The highest BCUT2D eigenvalue weighted by molar-refractivity contribution is 5.72. The second-order valence-electron chi connectivity index (χ2n) is 4.12. The molecular weight excluding hydrogens is 249 g/mol. The van der Waals surface area contributed by atoms with Crippen LogP contribution in [0.1, 0.15) is 18.7 Å². The number of nitrogens with two attached hydrogens (primary N) is 1. The van der Waals surface area contributed by atoms with E-state index in [0.29, 0.717) is 34.1 Å². The zero-order valence-electron chi connectivity index (χ0n) is 11.0. The van der Waals surface area contributed by atoms with Crippen LogP contribution in [-0.4, -0.2) is 24.4 Å². The van der Waals surface area contributed by atoms with Crippen molar-refractivity contribution in [3.05, 3.63) is 23.8 Å². The van der Waals surface area contributed by atoms with Crippen molar-refractivity contribution < 1.29 is 13.9 Å². The summed E-state index contributed by atoms with van der Waals surface area (Å²) < 4.78 is 24.1. The van der Waals surface area contributed by atoms with Crippen LogP contribution in [0, 0.1) is 0 Å². The smallest absolute Gasteiger partial charge is 0.145 e. The van der Waals surface area contributed by atoms with Gasteiger partial charge in [-0.25, -0.2) is 4.39 Å². The first-order valence-corrected chi connectivity index (χ1v) is 5.78. The first-order chi connectivity index (χ1) is 9.06. The van der Waals surface area contributed by atoms with Crippen LogP contribution in [-0.2, 0) is 0 Å². The van der Waals surface area contributed by atoms with Gasteiger partial charge in [-0.05, 0) is 19.1 Å². The van der Waals surface area contributed by atoms with Crippen LogP contribution in [0.15, 0.2) is 18.2 Å². The summed E-state index contributed by atoms with van der Waals surface area (Å²) in [5.74, 6) is 1.36. The SMILES string of the molecule is COc1cc(C(C)F)c(OC)cc1-c1cc(N)n[nH]1. The van der Waals surface area contributed by atoms with Gasteiger partial charge in [0.1, 0.15) is 23.5 Å². The standard InChI is InChI=1S/C13H16FN3O2/c1-7(14)8-4-12(19-3)9(5-11(8)18-2)10-6-13(15)17-16-10/h4-7H,1-3H3,(H3,15,16,17). The second kappa shape index (κ2) is 5.17. The predicted octanol–water partition coefficient (Wildman–Crippen LogP) is 2.71. The lowest BCUT2D eigenvalue weighted by Crippen LogP contribution is -1.97. The van der Waals surface area contributed by atoms with Gasteiger partial charge in [-0.1, -0.05) is 0 Å². The van der Waals surface area contributed by atoms with E-state index in [1.165, 1.54) is 21.1 Å². The number of aromatic nitrogens is 2. The normalized spacial score (nSPS) is 12.2. The minimum atomic E-state index is -1.15. The molecule has 0 fully saturated rings. The fraction of sp³-hybridized carbons (Fsp3) is 0.308. The van der Waals surface area contributed by atoms with Crippen LogP contribution in [0.4, 0.5) is 10.2 Å². The molecule has 0 aliphatic heterocycles. The fourth-order valence-corrected chi connectivity index (χ4v) is 1.92. The first-order valence-electron chi connectivity index (χ1n) is 5.78. The molecule has 6 heteroatoms. The molecule has 0 spiro atoms. The number of H-pyrrole nitrogens is 1. The van der Waals surface area contributed by atoms with Gasteiger partial charge >= 0.3 is 0 Å². The van der Waals surface area contributed by atoms with E-state index in [1.807, 2.05) is 0 Å². The number of rotatable bonds is 4. The maximum atomic E-state index is 13.6. The summed E-state index contributed by atoms with van der Waals surface area (Å²) in [4.78, 5) is 0. The molecule has 2 rings (SSSR count). The largest absolute Gasteiger partial charge is 0.496 e. The summed E-state index contributed by atoms with van der Waals surface area (Å²) in [6.07, 6.45) is -1.15. The number of ether oxygens (including phenoxy) is 2. The molecule has 0 aliphatic rings. The highest BCUT2D eigenvalue weighted by atomic mass is 19.1. The van der Waals surface area contributed by atoms with Crippen molar-refractivity contribution in [2.75, 3.05) is 20.0 Å². The van der Waals surface area contributed by atoms with Gasteiger partial charge in [0, 0.05) is 17.2 Å². The summed E-state index contributed by atoms with van der Waals surface area (Å²) in [5.41, 5.74) is 7.42. The third-order valence-electron chi connectivity index (χ3n) is 2.87. The van der Waals surface area contributed by atoms with E-state index in [0.717, 1.165) is 0 Å². The van der Waals surface area contributed by atoms with E-state index >= 15 is 0 Å². The molecule has 0 saturated heterocycles. The molecule has 1 aromatic carbocycles. The Bertz CT molecular complexity index is 581. The summed E-state index contributed by atoms with van der Waals surface area (Å²) in [7, 11) is 3.02. The highest BCUT2D eigenvalue weighted by Crippen LogP contribution is 2.38. The number of benzene rings is 1. The highest BCUT2D eigenvalue weighted by Gasteiger charge is 2.17. The van der Waals surface area contributed by atoms with Crippen molar-refractivity contribution in [3.63, 3.8) is 0 Å². The molecule has 1 unspecified atom stereocenters. The number of aromatic amines is 1. The van der Waals surface area contributed by atoms with Crippen molar-refractivity contribution >= 4 is 5.82 Å². The number of halogens is 1. The Hall–Kier alpha value is -2.24. The first kappa shape index (κ1) is 13.2. The van der Waals surface area contributed by atoms with Crippen molar-refractivity contribution in [2.45, 2.75) is 13.1 Å². The van der Waals surface area contributed by atoms with Crippen LogP contribution in [0.25, 0.3) is 11.3 Å². The average Bonchev–Trinajstić information content (AvgIpc) is 2.83. The number of nitrogen functional groups attached to an aromatic ring is 1. The summed E-state index contributed by atoms with van der Waals surface area (Å²) in [6.45, 7) is 1.45. The number of anilines is 1. The van der Waals surface area contributed by atoms with Crippen LogP contribution < -0.4 is 15.2 Å². The van der Waals surface area contributed by atoms with Crippen molar-refractivity contribution in [1.82, 2.24) is 10.2 Å². The van der Waals surface area contributed by atoms with Gasteiger partial charge in [0.25, 0.3) is 0 Å². The molecule has 3 N–H and O–H groups in total. The number of nitrogens with zero attached hydrogens (tertiary/aromatic N) is 1. The lowest BCUT2D eigenvalue weighted by molar-refractivity contribution is 0.343. The van der Waals surface area contributed by atoms with Crippen LogP contribution in [0.3, 0.4) is 0 Å². The number of methoxy groups -OCH3 is 2. The minimum absolute atomic E-state index is 0.374. The van der Waals surface area contributed by atoms with E-state index in [4.69, 9.17) is 15.2 Å². The third-order valence-corrected chi connectivity index (χ3v) is 2.87. The van der Waals surface area contributed by atoms with E-state index in [9.17, 15) is 4.39 Å². The fourth-order valence-electron chi connectivity index (χ4n) is 1.92. The van der Waals surface area contributed by atoms with Gasteiger partial charge < -0.3 is 15.2 Å². The molecule has 1 aromatic heterocycles. The van der Waals surface area contributed by atoms with Crippen LogP contribution >= 0.6 is 0 Å². The number of nitrogens with one attached hydrogen (secondary N) is 1. The topological polar surface area (TPSA) is 73.2 Å². The molecule has 1 atom stereocenters. The number of hydrogen-bond acceptors (Lipinski definition) is 4. The zero-order chi connectivity index (χ0) is 14.0. The summed E-state index contributed by atoms with van der Waals surface area (Å²) in [5, 5.41) is 6.66. The lowest BCUT2D eigenvalue weighted by atomic mass is 10.0. The van der Waals surface area contributed by atoms with Gasteiger partial charge in [-0.3, -0.25) is 5.10 Å². The molecule has 102 valence electrons. The predicted molar refractivity (Wildman–Crippen MR) is 71.1 cm³/mol. The molecule has 0 aliphatic carbocycles.